The number of hydrogen-bond acceptors (Lipinski definition) is 2. The van der Waals surface area contributed by atoms with Crippen LogP contribution in [0.15, 0.2) is 0 Å². The maximum atomic E-state index is 8.74. The van der Waals surface area contributed by atoms with Gasteiger partial charge in [-0.25, -0.2) is 0 Å². The van der Waals surface area contributed by atoms with Crippen LogP contribution in [0.2, 0.25) is 0 Å². The molecule has 48 valence electrons. The quantitative estimate of drug-likeness (QED) is 0.350. The van der Waals surface area contributed by atoms with Gasteiger partial charge in [-0.15, -0.1) is 12.4 Å². The molecule has 0 aromatic heterocycles. The summed E-state index contributed by atoms with van der Waals surface area (Å²) in [4.78, 5) is 0. The Bertz CT molecular complexity index is 99.2. The average Bonchev–Trinajstić information content (AvgIpc) is 0.722. The standard InChI is InChI=1S/Ca.ClH.Mg.H2O4S.4H/c;;;1-5(2,3)4;;;;/h;1H;;(H2,1,2,3,4);;;;. The van der Waals surface area contributed by atoms with Crippen molar-refractivity contribution in [1.29, 1.82) is 0 Å². The van der Waals surface area contributed by atoms with Gasteiger partial charge < -0.3 is 0 Å². The summed E-state index contributed by atoms with van der Waals surface area (Å²) >= 11 is 0. The fourth-order valence-corrected chi connectivity index (χ4v) is 0. The van der Waals surface area contributed by atoms with Crippen LogP contribution in [0.5, 0.6) is 0 Å². The van der Waals surface area contributed by atoms with Crippen molar-refractivity contribution in [1.82, 2.24) is 0 Å². The van der Waals surface area contributed by atoms with Crippen molar-refractivity contribution in [3.05, 3.63) is 0 Å². The van der Waals surface area contributed by atoms with Crippen LogP contribution >= 0.6 is 12.4 Å². The molecule has 0 bridgehead atoms. The van der Waals surface area contributed by atoms with Crippen LogP contribution in [0, 0.1) is 0 Å². The van der Waals surface area contributed by atoms with E-state index >= 15 is 0 Å². The van der Waals surface area contributed by atoms with Gasteiger partial charge in [0.15, 0.2) is 0 Å². The minimum absolute atomic E-state index is 0. The Morgan fingerprint density at radius 3 is 1.12 bits per heavy atom. The Balaban J connectivity index is -0.0000000267. The van der Waals surface area contributed by atoms with E-state index in [2.05, 4.69) is 0 Å². The van der Waals surface area contributed by atoms with Crippen molar-refractivity contribution in [2.75, 3.05) is 0 Å². The van der Waals surface area contributed by atoms with Gasteiger partial charge in [0, 0.05) is 0 Å². The van der Waals surface area contributed by atoms with E-state index in [9.17, 15) is 0 Å². The monoisotopic (exact) mass is 202 g/mol. The Kier molecular flexibility index (Phi) is 25.8. The predicted octanol–water partition coefficient (Wildman–Crippen LogP) is -2.06. The van der Waals surface area contributed by atoms with Gasteiger partial charge in [0.2, 0.25) is 0 Å². The van der Waals surface area contributed by atoms with E-state index in [1.165, 1.54) is 0 Å². The molecule has 0 spiro atoms. The van der Waals surface area contributed by atoms with Crippen LogP contribution in [-0.4, -0.2) is 78.3 Å². The summed E-state index contributed by atoms with van der Waals surface area (Å²) in [5.41, 5.74) is 0. The number of halogens is 1. The Labute approximate surface area is 99.5 Å². The molecule has 0 amide bonds. The van der Waals surface area contributed by atoms with E-state index in [1.807, 2.05) is 0 Å². The molecule has 0 radical (unpaired) electrons. The van der Waals surface area contributed by atoms with E-state index in [0.29, 0.717) is 0 Å². The molecule has 0 atom stereocenters. The molecule has 0 aromatic carbocycles. The zero-order valence-corrected chi connectivity index (χ0v) is 4.16. The van der Waals surface area contributed by atoms with Crippen LogP contribution in [0.25, 0.3) is 0 Å². The van der Waals surface area contributed by atoms with E-state index in [1.54, 1.807) is 0 Å². The third-order valence-corrected chi connectivity index (χ3v) is 0. The maximum absolute atomic E-state index is 8.74. The normalized spacial score (nSPS) is 7.25. The van der Waals surface area contributed by atoms with Crippen LogP contribution in [0.3, 0.4) is 0 Å². The first-order chi connectivity index (χ1) is 2.00. The molecule has 0 fully saturated rings. The fraction of sp³-hybridized carbons (Fsp3) is 0. The Hall–Kier alpha value is 2.19. The third kappa shape index (κ3) is 88.5. The SMILES string of the molecule is Cl.O=S(=O)(O)O.[CaH2].[MgH2]. The first-order valence-corrected chi connectivity index (χ1v) is 2.10. The maximum Gasteiger partial charge on any atom is 0.316 e. The molecule has 0 aliphatic rings. The molecule has 0 aliphatic carbocycles. The Morgan fingerprint density at radius 1 is 1.12 bits per heavy atom. The summed E-state index contributed by atoms with van der Waals surface area (Å²) < 4.78 is 31.6. The summed E-state index contributed by atoms with van der Waals surface area (Å²) in [5, 5.41) is 0. The van der Waals surface area contributed by atoms with E-state index in [4.69, 9.17) is 17.5 Å². The van der Waals surface area contributed by atoms with Crippen molar-refractivity contribution < 1.29 is 17.5 Å². The molecule has 0 aliphatic heterocycles. The molecule has 0 aromatic rings. The molecule has 4 nitrogen and oxygen atoms in total. The van der Waals surface area contributed by atoms with Crippen molar-refractivity contribution in [3.63, 3.8) is 0 Å². The topological polar surface area (TPSA) is 74.6 Å². The van der Waals surface area contributed by atoms with Gasteiger partial charge in [0.25, 0.3) is 0 Å². The summed E-state index contributed by atoms with van der Waals surface area (Å²) in [6, 6.07) is 0. The van der Waals surface area contributed by atoms with Gasteiger partial charge >= 0.3 is 71.2 Å². The van der Waals surface area contributed by atoms with Crippen LogP contribution in [-0.2, 0) is 10.4 Å². The second kappa shape index (κ2) is 9.19. The molecule has 0 rings (SSSR count). The second-order valence-corrected chi connectivity index (χ2v) is 1.34. The molecule has 8 heteroatoms. The van der Waals surface area contributed by atoms with E-state index in [-0.39, 0.29) is 73.2 Å². The van der Waals surface area contributed by atoms with Gasteiger partial charge in [-0.3, -0.25) is 9.11 Å². The summed E-state index contributed by atoms with van der Waals surface area (Å²) in [6.07, 6.45) is 0. The number of rotatable bonds is 0. The van der Waals surface area contributed by atoms with Crippen LogP contribution < -0.4 is 0 Å². The van der Waals surface area contributed by atoms with Gasteiger partial charge in [-0.05, 0) is 0 Å². The van der Waals surface area contributed by atoms with Crippen LogP contribution in [0.4, 0.5) is 0 Å². The van der Waals surface area contributed by atoms with Crippen molar-refractivity contribution in [2.24, 2.45) is 0 Å². The third-order valence-electron chi connectivity index (χ3n) is 0. The smallest absolute Gasteiger partial charge is 0.316 e. The van der Waals surface area contributed by atoms with Crippen molar-refractivity contribution in [3.8, 4) is 0 Å². The van der Waals surface area contributed by atoms with E-state index in [0.717, 1.165) is 0 Å². The molecule has 8 heavy (non-hydrogen) atoms. The first-order valence-electron chi connectivity index (χ1n) is 0.698. The molecular weight excluding hydrogens is 196 g/mol. The molecule has 0 heterocycles. The summed E-state index contributed by atoms with van der Waals surface area (Å²) in [6.45, 7) is 0. The molecule has 2 N–H and O–H groups in total. The zero-order valence-electron chi connectivity index (χ0n) is 2.53. The predicted molar refractivity (Wildman–Crippen MR) is 38.5 cm³/mol. The summed E-state index contributed by atoms with van der Waals surface area (Å²) in [7, 11) is -4.67. The van der Waals surface area contributed by atoms with Crippen LogP contribution in [0.1, 0.15) is 0 Å². The molecular formula is H7CaClMgO4S. The van der Waals surface area contributed by atoms with Gasteiger partial charge in [0.1, 0.15) is 0 Å². The largest absolute Gasteiger partial charge is 0.316 e. The zero-order chi connectivity index (χ0) is 4.50. The molecule has 0 saturated heterocycles. The molecule has 0 unspecified atom stereocenters. The minimum Gasteiger partial charge on any atom is 0.316 e. The first kappa shape index (κ1) is 22.5. The average molecular weight is 203 g/mol. The fourth-order valence-electron chi connectivity index (χ4n) is 0. The Morgan fingerprint density at radius 2 is 1.12 bits per heavy atom. The molecule has 0 saturated carbocycles. The second-order valence-electron chi connectivity index (χ2n) is 0.448. The van der Waals surface area contributed by atoms with Crippen molar-refractivity contribution in [2.45, 2.75) is 0 Å². The summed E-state index contributed by atoms with van der Waals surface area (Å²) in [5.74, 6) is 0. The minimum atomic E-state index is -4.67. The van der Waals surface area contributed by atoms with Gasteiger partial charge in [-0.2, -0.15) is 8.42 Å². The van der Waals surface area contributed by atoms with Gasteiger partial charge in [0.05, 0.1) is 0 Å². The van der Waals surface area contributed by atoms with Crippen molar-refractivity contribution >= 4 is 83.6 Å². The van der Waals surface area contributed by atoms with Gasteiger partial charge in [-0.1, -0.05) is 0 Å². The van der Waals surface area contributed by atoms with E-state index < -0.39 is 10.4 Å². The number of hydrogen-bond donors (Lipinski definition) is 2.